The third-order valence-electron chi connectivity index (χ3n) is 6.19. The molecule has 1 fully saturated rings. The van der Waals surface area contributed by atoms with Crippen LogP contribution in [0.25, 0.3) is 22.3 Å². The van der Waals surface area contributed by atoms with E-state index in [4.69, 9.17) is 14.7 Å². The summed E-state index contributed by atoms with van der Waals surface area (Å²) in [5, 5.41) is 5.33. The van der Waals surface area contributed by atoms with Crippen molar-refractivity contribution in [1.29, 1.82) is 0 Å². The zero-order valence-electron chi connectivity index (χ0n) is 17.3. The highest BCUT2D eigenvalue weighted by molar-refractivity contribution is 7.08. The monoisotopic (exact) mass is 428 g/mol. The Kier molecular flexibility index (Phi) is 4.81. The van der Waals surface area contributed by atoms with E-state index >= 15 is 0 Å². The molecule has 4 heterocycles. The van der Waals surface area contributed by atoms with Gasteiger partial charge in [-0.25, -0.2) is 9.97 Å². The average molecular weight is 429 g/mol. The number of para-hydroxylation sites is 1. The lowest BCUT2D eigenvalue weighted by Gasteiger charge is -2.36. The van der Waals surface area contributed by atoms with Crippen LogP contribution in [0.4, 0.5) is 5.82 Å². The van der Waals surface area contributed by atoms with E-state index in [9.17, 15) is 0 Å². The van der Waals surface area contributed by atoms with E-state index in [1.165, 1.54) is 11.1 Å². The van der Waals surface area contributed by atoms with E-state index in [0.717, 1.165) is 79.6 Å². The largest absolute Gasteiger partial charge is 0.493 e. The van der Waals surface area contributed by atoms with Crippen LogP contribution in [0.2, 0.25) is 0 Å². The molecule has 0 amide bonds. The minimum absolute atomic E-state index is 0.817. The molecule has 0 unspecified atom stereocenters. The van der Waals surface area contributed by atoms with Crippen LogP contribution in [0.1, 0.15) is 11.1 Å². The zero-order valence-corrected chi connectivity index (χ0v) is 18.1. The van der Waals surface area contributed by atoms with Crippen molar-refractivity contribution in [3.8, 4) is 17.1 Å². The number of fused-ring (bicyclic) bond motifs is 2. The first-order valence-electron chi connectivity index (χ1n) is 10.8. The van der Waals surface area contributed by atoms with Gasteiger partial charge in [0.25, 0.3) is 0 Å². The van der Waals surface area contributed by atoms with Gasteiger partial charge in [-0.2, -0.15) is 11.3 Å². The first-order valence-corrected chi connectivity index (χ1v) is 11.8. The average Bonchev–Trinajstić information content (AvgIpc) is 3.51. The normalized spacial score (nSPS) is 16.5. The van der Waals surface area contributed by atoms with Gasteiger partial charge in [0.2, 0.25) is 0 Å². The summed E-state index contributed by atoms with van der Waals surface area (Å²) in [5.74, 6) is 2.93. The van der Waals surface area contributed by atoms with Crippen LogP contribution >= 0.6 is 11.3 Å². The van der Waals surface area contributed by atoms with E-state index in [1.807, 2.05) is 0 Å². The molecular formula is C25H24N4OS. The number of nitrogens with zero attached hydrogens (tertiary/aromatic N) is 4. The number of thiophene rings is 1. The standard InChI is InChI=1S/C25H24N4OS/c1-2-4-22-21(3-1)25(27-24(26-22)20-8-14-31-17-20)29-11-9-28(10-12-29)16-18-5-6-23-19(15-18)7-13-30-23/h1-6,8,14-15,17H,7,9-13,16H2. The predicted molar refractivity (Wildman–Crippen MR) is 126 cm³/mol. The van der Waals surface area contributed by atoms with Gasteiger partial charge < -0.3 is 9.64 Å². The fourth-order valence-electron chi connectivity index (χ4n) is 4.54. The molecule has 2 aromatic carbocycles. The maximum Gasteiger partial charge on any atom is 0.162 e. The summed E-state index contributed by atoms with van der Waals surface area (Å²) in [6, 6.07) is 17.1. The van der Waals surface area contributed by atoms with Crippen LogP contribution in [-0.2, 0) is 13.0 Å². The van der Waals surface area contributed by atoms with E-state index in [2.05, 4.69) is 69.1 Å². The highest BCUT2D eigenvalue weighted by Crippen LogP contribution is 2.30. The van der Waals surface area contributed by atoms with Crippen LogP contribution in [0.3, 0.4) is 0 Å². The second kappa shape index (κ2) is 7.94. The van der Waals surface area contributed by atoms with Crippen LogP contribution in [0, 0.1) is 0 Å². The van der Waals surface area contributed by atoms with Gasteiger partial charge in [-0.3, -0.25) is 4.90 Å². The Labute approximate surface area is 185 Å². The van der Waals surface area contributed by atoms with Crippen molar-refractivity contribution in [1.82, 2.24) is 14.9 Å². The van der Waals surface area contributed by atoms with E-state index < -0.39 is 0 Å². The van der Waals surface area contributed by atoms with Gasteiger partial charge in [-0.05, 0) is 40.8 Å². The van der Waals surface area contributed by atoms with Gasteiger partial charge in [-0.1, -0.05) is 24.3 Å². The Morgan fingerprint density at radius 1 is 0.968 bits per heavy atom. The molecule has 6 heteroatoms. The summed E-state index contributed by atoms with van der Waals surface area (Å²) in [7, 11) is 0. The zero-order chi connectivity index (χ0) is 20.6. The molecule has 156 valence electrons. The minimum atomic E-state index is 0.817. The van der Waals surface area contributed by atoms with Gasteiger partial charge in [0.1, 0.15) is 11.6 Å². The third kappa shape index (κ3) is 3.66. The Morgan fingerprint density at radius 2 is 1.87 bits per heavy atom. The maximum absolute atomic E-state index is 5.65. The molecule has 6 rings (SSSR count). The van der Waals surface area contributed by atoms with Crippen LogP contribution in [-0.4, -0.2) is 47.7 Å². The molecule has 0 saturated carbocycles. The molecule has 5 nitrogen and oxygen atoms in total. The number of rotatable bonds is 4. The SMILES string of the molecule is c1ccc2c(N3CCN(Cc4ccc5c(c4)CCO5)CC3)nc(-c3ccsc3)nc2c1. The number of hydrogen-bond acceptors (Lipinski definition) is 6. The fraction of sp³-hybridized carbons (Fsp3) is 0.280. The summed E-state index contributed by atoms with van der Waals surface area (Å²) in [4.78, 5) is 14.8. The third-order valence-corrected chi connectivity index (χ3v) is 6.88. The molecule has 0 radical (unpaired) electrons. The number of ether oxygens (including phenoxy) is 1. The van der Waals surface area contributed by atoms with E-state index in [-0.39, 0.29) is 0 Å². The van der Waals surface area contributed by atoms with Crippen LogP contribution < -0.4 is 9.64 Å². The number of aromatic nitrogens is 2. The van der Waals surface area contributed by atoms with Crippen molar-refractivity contribution < 1.29 is 4.74 Å². The van der Waals surface area contributed by atoms with Crippen LogP contribution in [0.15, 0.2) is 59.3 Å². The lowest BCUT2D eigenvalue weighted by atomic mass is 10.1. The molecule has 0 N–H and O–H groups in total. The Morgan fingerprint density at radius 3 is 2.74 bits per heavy atom. The van der Waals surface area contributed by atoms with Gasteiger partial charge in [-0.15, -0.1) is 0 Å². The molecule has 31 heavy (non-hydrogen) atoms. The first kappa shape index (κ1) is 18.8. The molecule has 0 atom stereocenters. The van der Waals surface area contributed by atoms with Gasteiger partial charge in [0.15, 0.2) is 5.82 Å². The topological polar surface area (TPSA) is 41.5 Å². The van der Waals surface area contributed by atoms with Crippen LogP contribution in [0.5, 0.6) is 5.75 Å². The number of hydrogen-bond donors (Lipinski definition) is 0. The minimum Gasteiger partial charge on any atom is -0.493 e. The molecule has 2 aliphatic heterocycles. The number of piperazine rings is 1. The van der Waals surface area contributed by atoms with Crippen molar-refractivity contribution in [3.05, 3.63) is 70.4 Å². The predicted octanol–water partition coefficient (Wildman–Crippen LogP) is 4.62. The second-order valence-electron chi connectivity index (χ2n) is 8.20. The number of anilines is 1. The van der Waals surface area contributed by atoms with Crippen molar-refractivity contribution in [2.24, 2.45) is 0 Å². The van der Waals surface area contributed by atoms with Gasteiger partial charge in [0.05, 0.1) is 12.1 Å². The first-order chi connectivity index (χ1) is 15.3. The highest BCUT2D eigenvalue weighted by atomic mass is 32.1. The molecule has 2 aliphatic rings. The second-order valence-corrected chi connectivity index (χ2v) is 8.98. The van der Waals surface area contributed by atoms with Crippen molar-refractivity contribution >= 4 is 28.1 Å². The molecule has 1 saturated heterocycles. The summed E-state index contributed by atoms with van der Waals surface area (Å²) < 4.78 is 5.65. The van der Waals surface area contributed by atoms with Gasteiger partial charge in [0, 0.05) is 55.5 Å². The Bertz CT molecular complexity index is 1220. The highest BCUT2D eigenvalue weighted by Gasteiger charge is 2.22. The van der Waals surface area contributed by atoms with Crippen molar-refractivity contribution in [3.63, 3.8) is 0 Å². The molecule has 2 aromatic heterocycles. The summed E-state index contributed by atoms with van der Waals surface area (Å²) in [5.41, 5.74) is 4.84. The molecule has 0 bridgehead atoms. The van der Waals surface area contributed by atoms with E-state index in [1.54, 1.807) is 11.3 Å². The lowest BCUT2D eigenvalue weighted by molar-refractivity contribution is 0.249. The molecule has 4 aromatic rings. The molecule has 0 spiro atoms. The summed E-state index contributed by atoms with van der Waals surface area (Å²) in [6.07, 6.45) is 1.03. The Balaban J connectivity index is 1.22. The van der Waals surface area contributed by atoms with Crippen molar-refractivity contribution in [2.75, 3.05) is 37.7 Å². The smallest absolute Gasteiger partial charge is 0.162 e. The van der Waals surface area contributed by atoms with Crippen molar-refractivity contribution in [2.45, 2.75) is 13.0 Å². The van der Waals surface area contributed by atoms with Gasteiger partial charge >= 0.3 is 0 Å². The van der Waals surface area contributed by atoms with E-state index in [0.29, 0.717) is 0 Å². The molecule has 0 aliphatic carbocycles. The Hall–Kier alpha value is -2.96. The lowest BCUT2D eigenvalue weighted by Crippen LogP contribution is -2.46. The quantitative estimate of drug-likeness (QED) is 0.475. The number of benzene rings is 2. The summed E-state index contributed by atoms with van der Waals surface area (Å²) >= 11 is 1.68. The summed E-state index contributed by atoms with van der Waals surface area (Å²) in [6.45, 7) is 5.80. The fourth-order valence-corrected chi connectivity index (χ4v) is 5.17. The molecular weight excluding hydrogens is 404 g/mol. The maximum atomic E-state index is 5.65.